The molecule has 2 unspecified atom stereocenters. The fourth-order valence-electron chi connectivity index (χ4n) is 2.69. The van der Waals surface area contributed by atoms with E-state index in [1.54, 1.807) is 12.1 Å². The molecule has 0 fully saturated rings. The molecule has 2 aromatic carbocycles. The summed E-state index contributed by atoms with van der Waals surface area (Å²) in [5.74, 6) is -0.303. The minimum Gasteiger partial charge on any atom is -0.387 e. The minimum absolute atomic E-state index is 0.164. The third-order valence-electron chi connectivity index (χ3n) is 4.19. The van der Waals surface area contributed by atoms with Crippen molar-refractivity contribution in [3.8, 4) is 0 Å². The molecule has 130 valence electrons. The fraction of sp³-hybridized carbons (Fsp3) is 0.250. The van der Waals surface area contributed by atoms with E-state index in [2.05, 4.69) is 22.5 Å². The standard InChI is InChI=1S/C20H22FN3O/c1-15(20(25)18-7-9-19(21)10-8-18)22-11-17-12-23-24(14-17)13-16-5-3-2-4-6-16/h2-10,12,14-15,20,22,25H,11,13H2,1H3. The summed E-state index contributed by atoms with van der Waals surface area (Å²) < 4.78 is 14.9. The van der Waals surface area contributed by atoms with E-state index in [9.17, 15) is 9.50 Å². The lowest BCUT2D eigenvalue weighted by Crippen LogP contribution is -2.31. The quantitative estimate of drug-likeness (QED) is 0.694. The molecule has 3 rings (SSSR count). The number of aliphatic hydroxyl groups is 1. The van der Waals surface area contributed by atoms with Crippen LogP contribution < -0.4 is 5.32 Å². The summed E-state index contributed by atoms with van der Waals surface area (Å²) in [5.41, 5.74) is 2.94. The van der Waals surface area contributed by atoms with Gasteiger partial charge in [0, 0.05) is 24.3 Å². The molecule has 25 heavy (non-hydrogen) atoms. The van der Waals surface area contributed by atoms with E-state index in [0.29, 0.717) is 12.1 Å². The molecule has 0 aliphatic rings. The third-order valence-corrected chi connectivity index (χ3v) is 4.19. The summed E-state index contributed by atoms with van der Waals surface area (Å²) in [6, 6.07) is 15.9. The largest absolute Gasteiger partial charge is 0.387 e. The molecular formula is C20H22FN3O. The Balaban J connectivity index is 1.53. The van der Waals surface area contributed by atoms with Crippen molar-refractivity contribution in [2.45, 2.75) is 32.2 Å². The van der Waals surface area contributed by atoms with Crippen LogP contribution in [0.2, 0.25) is 0 Å². The third kappa shape index (κ3) is 4.75. The van der Waals surface area contributed by atoms with Crippen molar-refractivity contribution < 1.29 is 9.50 Å². The summed E-state index contributed by atoms with van der Waals surface area (Å²) >= 11 is 0. The zero-order chi connectivity index (χ0) is 17.6. The Hall–Kier alpha value is -2.50. The van der Waals surface area contributed by atoms with Gasteiger partial charge in [-0.1, -0.05) is 42.5 Å². The lowest BCUT2D eigenvalue weighted by Gasteiger charge is -2.20. The molecule has 1 aromatic heterocycles. The Morgan fingerprint density at radius 3 is 2.52 bits per heavy atom. The Labute approximate surface area is 146 Å². The van der Waals surface area contributed by atoms with Crippen molar-refractivity contribution in [3.05, 3.63) is 89.5 Å². The van der Waals surface area contributed by atoms with Gasteiger partial charge in [0.05, 0.1) is 18.8 Å². The summed E-state index contributed by atoms with van der Waals surface area (Å²) in [5, 5.41) is 18.0. The molecule has 0 spiro atoms. The molecule has 5 heteroatoms. The summed E-state index contributed by atoms with van der Waals surface area (Å²) in [7, 11) is 0. The molecule has 3 aromatic rings. The Morgan fingerprint density at radius 1 is 1.08 bits per heavy atom. The van der Waals surface area contributed by atoms with Gasteiger partial charge in [-0.05, 0) is 30.2 Å². The molecular weight excluding hydrogens is 317 g/mol. The van der Waals surface area contributed by atoms with Gasteiger partial charge in [-0.25, -0.2) is 4.39 Å². The SMILES string of the molecule is CC(NCc1cnn(Cc2ccccc2)c1)C(O)c1ccc(F)cc1. The lowest BCUT2D eigenvalue weighted by atomic mass is 10.0. The van der Waals surface area contributed by atoms with Crippen LogP contribution in [0.25, 0.3) is 0 Å². The second-order valence-corrected chi connectivity index (χ2v) is 6.20. The van der Waals surface area contributed by atoms with E-state index in [4.69, 9.17) is 0 Å². The maximum Gasteiger partial charge on any atom is 0.123 e. The number of hydrogen-bond acceptors (Lipinski definition) is 3. The van der Waals surface area contributed by atoms with Gasteiger partial charge in [0.25, 0.3) is 0 Å². The van der Waals surface area contributed by atoms with E-state index >= 15 is 0 Å². The van der Waals surface area contributed by atoms with Gasteiger partial charge in [-0.15, -0.1) is 0 Å². The highest BCUT2D eigenvalue weighted by atomic mass is 19.1. The number of hydrogen-bond donors (Lipinski definition) is 2. The van der Waals surface area contributed by atoms with Gasteiger partial charge in [-0.2, -0.15) is 5.10 Å². The molecule has 0 bridgehead atoms. The maximum absolute atomic E-state index is 13.0. The summed E-state index contributed by atoms with van der Waals surface area (Å²) in [4.78, 5) is 0. The zero-order valence-electron chi connectivity index (χ0n) is 14.1. The van der Waals surface area contributed by atoms with Crippen LogP contribution in [0.3, 0.4) is 0 Å². The average Bonchev–Trinajstić information content (AvgIpc) is 3.08. The van der Waals surface area contributed by atoms with Crippen molar-refractivity contribution in [3.63, 3.8) is 0 Å². The first kappa shape index (κ1) is 17.3. The highest BCUT2D eigenvalue weighted by molar-refractivity contribution is 5.20. The Bertz CT molecular complexity index is 786. The molecule has 0 saturated heterocycles. The predicted octanol–water partition coefficient (Wildman–Crippen LogP) is 3.28. The number of benzene rings is 2. The van der Waals surface area contributed by atoms with Gasteiger partial charge in [0.1, 0.15) is 5.82 Å². The molecule has 0 aliphatic heterocycles. The second-order valence-electron chi connectivity index (χ2n) is 6.20. The van der Waals surface area contributed by atoms with Crippen molar-refractivity contribution in [1.82, 2.24) is 15.1 Å². The van der Waals surface area contributed by atoms with Crippen molar-refractivity contribution in [2.75, 3.05) is 0 Å². The molecule has 2 atom stereocenters. The van der Waals surface area contributed by atoms with E-state index in [1.807, 2.05) is 42.2 Å². The van der Waals surface area contributed by atoms with Crippen LogP contribution in [-0.4, -0.2) is 20.9 Å². The molecule has 0 radical (unpaired) electrons. The smallest absolute Gasteiger partial charge is 0.123 e. The Kier molecular flexibility index (Phi) is 5.58. The molecule has 0 saturated carbocycles. The molecule has 0 aliphatic carbocycles. The highest BCUT2D eigenvalue weighted by Crippen LogP contribution is 2.17. The molecule has 1 heterocycles. The van der Waals surface area contributed by atoms with Gasteiger partial charge in [-0.3, -0.25) is 4.68 Å². The lowest BCUT2D eigenvalue weighted by molar-refractivity contribution is 0.135. The first-order valence-electron chi connectivity index (χ1n) is 8.34. The van der Waals surface area contributed by atoms with Crippen LogP contribution in [0.4, 0.5) is 4.39 Å². The van der Waals surface area contributed by atoms with Crippen LogP contribution in [-0.2, 0) is 13.1 Å². The predicted molar refractivity (Wildman–Crippen MR) is 95.4 cm³/mol. The minimum atomic E-state index is -0.694. The van der Waals surface area contributed by atoms with Gasteiger partial charge in [0.15, 0.2) is 0 Å². The number of halogens is 1. The number of aromatic nitrogens is 2. The normalized spacial score (nSPS) is 13.6. The van der Waals surface area contributed by atoms with Crippen LogP contribution >= 0.6 is 0 Å². The van der Waals surface area contributed by atoms with E-state index in [1.165, 1.54) is 17.7 Å². The van der Waals surface area contributed by atoms with Gasteiger partial charge in [0.2, 0.25) is 0 Å². The van der Waals surface area contributed by atoms with Gasteiger partial charge < -0.3 is 10.4 Å². The zero-order valence-corrected chi connectivity index (χ0v) is 14.1. The topological polar surface area (TPSA) is 50.1 Å². The van der Waals surface area contributed by atoms with Crippen LogP contribution in [0.5, 0.6) is 0 Å². The average molecular weight is 339 g/mol. The maximum atomic E-state index is 13.0. The van der Waals surface area contributed by atoms with Crippen LogP contribution in [0.1, 0.15) is 29.7 Å². The number of rotatable bonds is 7. The van der Waals surface area contributed by atoms with Crippen molar-refractivity contribution >= 4 is 0 Å². The highest BCUT2D eigenvalue weighted by Gasteiger charge is 2.16. The monoisotopic (exact) mass is 339 g/mol. The van der Waals surface area contributed by atoms with Crippen molar-refractivity contribution in [1.29, 1.82) is 0 Å². The van der Waals surface area contributed by atoms with E-state index < -0.39 is 6.10 Å². The molecule has 0 amide bonds. The van der Waals surface area contributed by atoms with Crippen molar-refractivity contribution in [2.24, 2.45) is 0 Å². The van der Waals surface area contributed by atoms with Gasteiger partial charge >= 0.3 is 0 Å². The number of nitrogens with zero attached hydrogens (tertiary/aromatic N) is 2. The Morgan fingerprint density at radius 2 is 1.80 bits per heavy atom. The first-order chi connectivity index (χ1) is 12.1. The van der Waals surface area contributed by atoms with E-state index in [0.717, 1.165) is 12.1 Å². The molecule has 2 N–H and O–H groups in total. The summed E-state index contributed by atoms with van der Waals surface area (Å²) in [6.07, 6.45) is 3.13. The second kappa shape index (κ2) is 8.05. The van der Waals surface area contributed by atoms with Crippen LogP contribution in [0.15, 0.2) is 67.0 Å². The van der Waals surface area contributed by atoms with Crippen LogP contribution in [0, 0.1) is 5.82 Å². The fourth-order valence-corrected chi connectivity index (χ4v) is 2.69. The first-order valence-corrected chi connectivity index (χ1v) is 8.34. The summed E-state index contributed by atoms with van der Waals surface area (Å²) in [6.45, 7) is 3.24. The number of aliphatic hydroxyl groups excluding tert-OH is 1. The molecule has 4 nitrogen and oxygen atoms in total. The number of nitrogens with one attached hydrogen (secondary N) is 1. The van der Waals surface area contributed by atoms with E-state index in [-0.39, 0.29) is 11.9 Å².